The molecule has 0 aliphatic carbocycles. The van der Waals surface area contributed by atoms with Crippen LogP contribution < -0.4 is 19.7 Å². The molecule has 1 aromatic carbocycles. The number of amides is 2. The number of benzene rings is 1. The zero-order valence-corrected chi connectivity index (χ0v) is 15.7. The lowest BCUT2D eigenvalue weighted by Crippen LogP contribution is -2.33. The summed E-state index contributed by atoms with van der Waals surface area (Å²) in [5.41, 5.74) is 0.565. The van der Waals surface area contributed by atoms with Gasteiger partial charge in [0.15, 0.2) is 0 Å². The summed E-state index contributed by atoms with van der Waals surface area (Å²) in [5, 5.41) is 3.32. The van der Waals surface area contributed by atoms with Crippen LogP contribution >= 0.6 is 11.6 Å². The highest BCUT2D eigenvalue weighted by atomic mass is 35.5. The fourth-order valence-corrected chi connectivity index (χ4v) is 3.13. The normalized spacial score (nSPS) is 16.9. The van der Waals surface area contributed by atoms with Crippen LogP contribution in [-0.4, -0.2) is 39.1 Å². The minimum absolute atomic E-state index is 0.0770. The maximum atomic E-state index is 12.4. The van der Waals surface area contributed by atoms with E-state index in [-0.39, 0.29) is 24.2 Å². The standard InChI is InChI=1S/C18H25ClN2O4/c1-4-5-6-7-20-18(23)12-8-17(22)21(11-12)14-10-15(24-2)13(19)9-16(14)25-3/h9-10,12H,4-8,11H2,1-3H3,(H,20,23). The molecule has 2 rings (SSSR count). The number of carbonyl (C=O) groups excluding carboxylic acids is 2. The summed E-state index contributed by atoms with van der Waals surface area (Å²) in [6.45, 7) is 3.08. The molecule has 1 aliphatic heterocycles. The van der Waals surface area contributed by atoms with E-state index in [4.69, 9.17) is 21.1 Å². The summed E-state index contributed by atoms with van der Waals surface area (Å²) in [6, 6.07) is 3.28. The lowest BCUT2D eigenvalue weighted by atomic mass is 10.1. The summed E-state index contributed by atoms with van der Waals surface area (Å²) < 4.78 is 10.6. The zero-order valence-electron chi connectivity index (χ0n) is 14.9. The lowest BCUT2D eigenvalue weighted by molar-refractivity contribution is -0.126. The maximum Gasteiger partial charge on any atom is 0.227 e. The van der Waals surface area contributed by atoms with Gasteiger partial charge in [-0.1, -0.05) is 31.4 Å². The van der Waals surface area contributed by atoms with E-state index in [1.807, 2.05) is 0 Å². The highest BCUT2D eigenvalue weighted by Gasteiger charge is 2.36. The Morgan fingerprint density at radius 3 is 2.64 bits per heavy atom. The van der Waals surface area contributed by atoms with Crippen LogP contribution in [0.1, 0.15) is 32.6 Å². The molecular weight excluding hydrogens is 344 g/mol. The van der Waals surface area contributed by atoms with Crippen molar-refractivity contribution in [1.29, 1.82) is 0 Å². The molecule has 0 radical (unpaired) electrons. The molecule has 0 aromatic heterocycles. The summed E-state index contributed by atoms with van der Waals surface area (Å²) in [6.07, 6.45) is 3.32. The monoisotopic (exact) mass is 368 g/mol. The van der Waals surface area contributed by atoms with Gasteiger partial charge in [0.25, 0.3) is 0 Å². The second kappa shape index (κ2) is 8.94. The summed E-state index contributed by atoms with van der Waals surface area (Å²) in [5.74, 6) is 0.379. The Bertz CT molecular complexity index is 636. The molecular formula is C18H25ClN2O4. The number of nitrogens with zero attached hydrogens (tertiary/aromatic N) is 1. The summed E-state index contributed by atoms with van der Waals surface area (Å²) in [7, 11) is 3.02. The Morgan fingerprint density at radius 2 is 2.00 bits per heavy atom. The van der Waals surface area contributed by atoms with E-state index >= 15 is 0 Å². The van der Waals surface area contributed by atoms with Gasteiger partial charge in [-0.3, -0.25) is 9.59 Å². The van der Waals surface area contributed by atoms with Gasteiger partial charge in [0, 0.05) is 31.6 Å². The van der Waals surface area contributed by atoms with Gasteiger partial charge in [0.1, 0.15) is 11.5 Å². The van der Waals surface area contributed by atoms with Crippen LogP contribution in [0.4, 0.5) is 5.69 Å². The third-order valence-electron chi connectivity index (χ3n) is 4.32. The first-order chi connectivity index (χ1) is 12.0. The molecule has 6 nitrogen and oxygen atoms in total. The van der Waals surface area contributed by atoms with Gasteiger partial charge >= 0.3 is 0 Å². The fourth-order valence-electron chi connectivity index (χ4n) is 2.90. The first kappa shape index (κ1) is 19.4. The van der Waals surface area contributed by atoms with Crippen molar-refractivity contribution in [2.24, 2.45) is 5.92 Å². The number of hydrogen-bond donors (Lipinski definition) is 1. The number of unbranched alkanes of at least 4 members (excludes halogenated alkanes) is 2. The van der Waals surface area contributed by atoms with Crippen molar-refractivity contribution in [3.63, 3.8) is 0 Å². The first-order valence-electron chi connectivity index (χ1n) is 8.51. The molecule has 1 unspecified atom stereocenters. The van der Waals surface area contributed by atoms with Crippen LogP contribution in [0.2, 0.25) is 5.02 Å². The number of anilines is 1. The fraction of sp³-hybridized carbons (Fsp3) is 0.556. The number of hydrogen-bond acceptors (Lipinski definition) is 4. The number of carbonyl (C=O) groups is 2. The van der Waals surface area contributed by atoms with E-state index < -0.39 is 0 Å². The zero-order chi connectivity index (χ0) is 18.4. The second-order valence-corrected chi connectivity index (χ2v) is 6.47. The van der Waals surface area contributed by atoms with Crippen LogP contribution in [0.5, 0.6) is 11.5 Å². The predicted octanol–water partition coefficient (Wildman–Crippen LogP) is 3.02. The molecule has 1 aliphatic rings. The summed E-state index contributed by atoms with van der Waals surface area (Å²) >= 11 is 6.11. The molecule has 1 atom stereocenters. The molecule has 0 saturated carbocycles. The van der Waals surface area contributed by atoms with E-state index in [0.717, 1.165) is 19.3 Å². The molecule has 1 fully saturated rings. The first-order valence-corrected chi connectivity index (χ1v) is 8.89. The number of methoxy groups -OCH3 is 2. The molecule has 0 bridgehead atoms. The number of rotatable bonds is 8. The Labute approximate surface area is 153 Å². The van der Waals surface area contributed by atoms with Crippen LogP contribution in [0.3, 0.4) is 0 Å². The molecule has 0 spiro atoms. The van der Waals surface area contributed by atoms with Gasteiger partial charge < -0.3 is 19.7 Å². The average molecular weight is 369 g/mol. The maximum absolute atomic E-state index is 12.4. The third-order valence-corrected chi connectivity index (χ3v) is 4.61. The third kappa shape index (κ3) is 4.57. The van der Waals surface area contributed by atoms with Crippen molar-refractivity contribution in [3.8, 4) is 11.5 Å². The summed E-state index contributed by atoms with van der Waals surface area (Å²) in [4.78, 5) is 26.3. The van der Waals surface area contributed by atoms with E-state index in [2.05, 4.69) is 12.2 Å². The Kier molecular flexibility index (Phi) is 6.93. The van der Waals surface area contributed by atoms with Gasteiger partial charge in [-0.25, -0.2) is 0 Å². The van der Waals surface area contributed by atoms with E-state index in [1.54, 1.807) is 17.0 Å². The predicted molar refractivity (Wildman–Crippen MR) is 97.6 cm³/mol. The van der Waals surface area contributed by atoms with E-state index in [0.29, 0.717) is 35.3 Å². The molecule has 25 heavy (non-hydrogen) atoms. The van der Waals surface area contributed by atoms with Crippen LogP contribution in [-0.2, 0) is 9.59 Å². The van der Waals surface area contributed by atoms with Gasteiger partial charge in [-0.05, 0) is 6.42 Å². The van der Waals surface area contributed by atoms with Crippen molar-refractivity contribution >= 4 is 29.1 Å². The minimum Gasteiger partial charge on any atom is -0.495 e. The quantitative estimate of drug-likeness (QED) is 0.716. The SMILES string of the molecule is CCCCCNC(=O)C1CC(=O)N(c2cc(OC)c(Cl)cc2OC)C1. The Morgan fingerprint density at radius 1 is 1.28 bits per heavy atom. The minimum atomic E-state index is -0.361. The van der Waals surface area contributed by atoms with Crippen molar-refractivity contribution in [2.45, 2.75) is 32.6 Å². The Balaban J connectivity index is 2.11. The van der Waals surface area contributed by atoms with Crippen molar-refractivity contribution in [2.75, 3.05) is 32.2 Å². The molecule has 7 heteroatoms. The second-order valence-electron chi connectivity index (χ2n) is 6.06. The molecule has 1 aromatic rings. The lowest BCUT2D eigenvalue weighted by Gasteiger charge is -2.21. The average Bonchev–Trinajstić information content (AvgIpc) is 3.00. The van der Waals surface area contributed by atoms with Gasteiger partial charge in [0.05, 0.1) is 30.8 Å². The van der Waals surface area contributed by atoms with Gasteiger partial charge in [-0.15, -0.1) is 0 Å². The molecule has 1 saturated heterocycles. The van der Waals surface area contributed by atoms with Crippen LogP contribution in [0.25, 0.3) is 0 Å². The molecule has 1 N–H and O–H groups in total. The van der Waals surface area contributed by atoms with Crippen LogP contribution in [0, 0.1) is 5.92 Å². The number of ether oxygens (including phenoxy) is 2. The molecule has 138 valence electrons. The smallest absolute Gasteiger partial charge is 0.227 e. The highest BCUT2D eigenvalue weighted by Crippen LogP contribution is 2.40. The van der Waals surface area contributed by atoms with Crippen molar-refractivity contribution in [3.05, 3.63) is 17.2 Å². The van der Waals surface area contributed by atoms with Crippen molar-refractivity contribution in [1.82, 2.24) is 5.32 Å². The van der Waals surface area contributed by atoms with Crippen LogP contribution in [0.15, 0.2) is 12.1 Å². The van der Waals surface area contributed by atoms with Crippen molar-refractivity contribution < 1.29 is 19.1 Å². The number of halogens is 1. The highest BCUT2D eigenvalue weighted by molar-refractivity contribution is 6.32. The number of nitrogens with one attached hydrogen (secondary N) is 1. The molecule has 1 heterocycles. The van der Waals surface area contributed by atoms with Gasteiger partial charge in [0.2, 0.25) is 11.8 Å². The largest absolute Gasteiger partial charge is 0.495 e. The van der Waals surface area contributed by atoms with E-state index in [9.17, 15) is 9.59 Å². The molecule has 2 amide bonds. The van der Waals surface area contributed by atoms with E-state index in [1.165, 1.54) is 14.2 Å². The van der Waals surface area contributed by atoms with Gasteiger partial charge in [-0.2, -0.15) is 0 Å². The Hall–Kier alpha value is -1.95. The topological polar surface area (TPSA) is 67.9 Å².